The van der Waals surface area contributed by atoms with Crippen LogP contribution in [0, 0.1) is 0 Å². The Bertz CT molecular complexity index is 240. The molecule has 2 N–H and O–H groups in total. The minimum absolute atomic E-state index is 0.640. The largest absolute Gasteiger partial charge is 0.326 e. The molecule has 0 radical (unpaired) electrons. The zero-order chi connectivity index (χ0) is 10.9. The summed E-state index contributed by atoms with van der Waals surface area (Å²) in [7, 11) is 0. The van der Waals surface area contributed by atoms with Gasteiger partial charge in [0.05, 0.1) is 0 Å². The number of nitrogens with two attached hydrogens (primary N) is 1. The van der Waals surface area contributed by atoms with Crippen LogP contribution in [0.15, 0.2) is 30.3 Å². The fourth-order valence-corrected chi connectivity index (χ4v) is 1.71. The van der Waals surface area contributed by atoms with E-state index in [0.717, 1.165) is 0 Å². The van der Waals surface area contributed by atoms with Gasteiger partial charge in [-0.05, 0) is 38.0 Å². The van der Waals surface area contributed by atoms with Gasteiger partial charge in [0.15, 0.2) is 0 Å². The number of rotatable bonds is 2. The van der Waals surface area contributed by atoms with Crippen LogP contribution in [0.2, 0.25) is 0 Å². The fourth-order valence-electron chi connectivity index (χ4n) is 1.71. The average molecular weight is 206 g/mol. The summed E-state index contributed by atoms with van der Waals surface area (Å²) in [5, 5.41) is 0. The van der Waals surface area contributed by atoms with Crippen LogP contribution in [-0.2, 0) is 6.54 Å². The van der Waals surface area contributed by atoms with Crippen molar-refractivity contribution in [1.29, 1.82) is 0 Å². The molecule has 2 rings (SSSR count). The Morgan fingerprint density at radius 1 is 1.13 bits per heavy atom. The lowest BCUT2D eigenvalue weighted by Gasteiger charge is -2.08. The number of benzene rings is 1. The molecule has 1 aliphatic heterocycles. The van der Waals surface area contributed by atoms with Crippen LogP contribution >= 0.6 is 0 Å². The van der Waals surface area contributed by atoms with Gasteiger partial charge in [-0.1, -0.05) is 37.3 Å². The Labute approximate surface area is 93.1 Å². The Morgan fingerprint density at radius 2 is 1.73 bits per heavy atom. The summed E-state index contributed by atoms with van der Waals surface area (Å²) >= 11 is 0. The lowest BCUT2D eigenvalue weighted by Crippen LogP contribution is -2.17. The molecule has 1 heterocycles. The third-order valence-corrected chi connectivity index (χ3v) is 2.72. The third kappa shape index (κ3) is 4.96. The highest BCUT2D eigenvalue weighted by Crippen LogP contribution is 2.04. The van der Waals surface area contributed by atoms with Crippen molar-refractivity contribution in [3.63, 3.8) is 0 Å². The molecule has 1 aromatic rings. The van der Waals surface area contributed by atoms with E-state index in [1.165, 1.54) is 38.0 Å². The monoisotopic (exact) mass is 206 g/mol. The Hall–Kier alpha value is -0.860. The lowest BCUT2D eigenvalue weighted by atomic mass is 10.2. The normalized spacial score (nSPS) is 15.9. The molecule has 1 aromatic carbocycles. The predicted molar refractivity (Wildman–Crippen MR) is 65.7 cm³/mol. The van der Waals surface area contributed by atoms with Crippen molar-refractivity contribution in [1.82, 2.24) is 4.90 Å². The summed E-state index contributed by atoms with van der Waals surface area (Å²) in [6, 6.07) is 9.99. The van der Waals surface area contributed by atoms with E-state index < -0.39 is 0 Å². The molecule has 0 aliphatic carbocycles. The lowest BCUT2D eigenvalue weighted by molar-refractivity contribution is 0.359. The first-order chi connectivity index (χ1) is 7.36. The standard InChI is InChI=1S/C7H9N.C6H13N/c8-6-7-4-2-1-3-5-7;1-2-7-5-3-4-6-7/h1-5H,6,8H2;2-6H2,1H3. The number of hydrogen-bond donors (Lipinski definition) is 1. The quantitative estimate of drug-likeness (QED) is 0.804. The van der Waals surface area contributed by atoms with Crippen LogP contribution in [-0.4, -0.2) is 24.5 Å². The van der Waals surface area contributed by atoms with Crippen LogP contribution in [0.4, 0.5) is 0 Å². The van der Waals surface area contributed by atoms with E-state index in [0.29, 0.717) is 6.54 Å². The minimum Gasteiger partial charge on any atom is -0.326 e. The van der Waals surface area contributed by atoms with Gasteiger partial charge in [0.25, 0.3) is 0 Å². The van der Waals surface area contributed by atoms with Crippen molar-refractivity contribution in [3.8, 4) is 0 Å². The molecule has 1 fully saturated rings. The summed E-state index contributed by atoms with van der Waals surface area (Å²) in [4.78, 5) is 2.49. The molecule has 0 amide bonds. The van der Waals surface area contributed by atoms with Gasteiger partial charge in [-0.2, -0.15) is 0 Å². The molecule has 0 unspecified atom stereocenters. The van der Waals surface area contributed by atoms with Gasteiger partial charge < -0.3 is 10.6 Å². The SMILES string of the molecule is CCN1CCCC1.NCc1ccccc1. The molecule has 15 heavy (non-hydrogen) atoms. The van der Waals surface area contributed by atoms with E-state index in [4.69, 9.17) is 5.73 Å². The van der Waals surface area contributed by atoms with Crippen LogP contribution in [0.5, 0.6) is 0 Å². The molecule has 1 saturated heterocycles. The van der Waals surface area contributed by atoms with Crippen molar-refractivity contribution in [3.05, 3.63) is 35.9 Å². The van der Waals surface area contributed by atoms with Gasteiger partial charge in [-0.3, -0.25) is 0 Å². The van der Waals surface area contributed by atoms with Crippen molar-refractivity contribution < 1.29 is 0 Å². The van der Waals surface area contributed by atoms with Crippen LogP contribution in [0.25, 0.3) is 0 Å². The summed E-state index contributed by atoms with van der Waals surface area (Å²) in [5.41, 5.74) is 6.54. The Kier molecular flexibility index (Phi) is 6.05. The first kappa shape index (κ1) is 12.2. The molecule has 2 nitrogen and oxygen atoms in total. The van der Waals surface area contributed by atoms with Crippen LogP contribution < -0.4 is 5.73 Å². The molecule has 0 spiro atoms. The number of nitrogens with zero attached hydrogens (tertiary/aromatic N) is 1. The maximum Gasteiger partial charge on any atom is 0.0178 e. The predicted octanol–water partition coefficient (Wildman–Crippen LogP) is 2.25. The molecular formula is C13H22N2. The van der Waals surface area contributed by atoms with E-state index in [9.17, 15) is 0 Å². The second-order valence-electron chi connectivity index (χ2n) is 3.83. The summed E-state index contributed by atoms with van der Waals surface area (Å²) < 4.78 is 0. The van der Waals surface area contributed by atoms with Gasteiger partial charge in [-0.15, -0.1) is 0 Å². The zero-order valence-corrected chi connectivity index (χ0v) is 9.65. The molecule has 0 bridgehead atoms. The highest BCUT2D eigenvalue weighted by atomic mass is 15.1. The van der Waals surface area contributed by atoms with Gasteiger partial charge in [-0.25, -0.2) is 0 Å². The van der Waals surface area contributed by atoms with E-state index in [-0.39, 0.29) is 0 Å². The maximum atomic E-state index is 5.35. The topological polar surface area (TPSA) is 29.3 Å². The van der Waals surface area contributed by atoms with Crippen molar-refractivity contribution >= 4 is 0 Å². The van der Waals surface area contributed by atoms with E-state index in [1.54, 1.807) is 0 Å². The number of likely N-dealkylation sites (tertiary alicyclic amines) is 1. The summed E-state index contributed by atoms with van der Waals surface area (Å²) in [6.07, 6.45) is 2.85. The fraction of sp³-hybridized carbons (Fsp3) is 0.538. The second kappa shape index (κ2) is 7.43. The molecular weight excluding hydrogens is 184 g/mol. The van der Waals surface area contributed by atoms with Crippen LogP contribution in [0.1, 0.15) is 25.3 Å². The molecule has 0 aromatic heterocycles. The molecule has 2 heteroatoms. The van der Waals surface area contributed by atoms with Gasteiger partial charge >= 0.3 is 0 Å². The van der Waals surface area contributed by atoms with Crippen LogP contribution in [0.3, 0.4) is 0 Å². The highest BCUT2D eigenvalue weighted by molar-refractivity contribution is 5.13. The first-order valence-electron chi connectivity index (χ1n) is 5.83. The average Bonchev–Trinajstić information content (AvgIpc) is 2.84. The molecule has 1 aliphatic rings. The first-order valence-corrected chi connectivity index (χ1v) is 5.83. The van der Waals surface area contributed by atoms with E-state index in [1.807, 2.05) is 30.3 Å². The zero-order valence-electron chi connectivity index (χ0n) is 9.65. The van der Waals surface area contributed by atoms with Gasteiger partial charge in [0.1, 0.15) is 0 Å². The number of hydrogen-bond acceptors (Lipinski definition) is 2. The third-order valence-electron chi connectivity index (χ3n) is 2.72. The summed E-state index contributed by atoms with van der Waals surface area (Å²) in [5.74, 6) is 0. The van der Waals surface area contributed by atoms with Crippen molar-refractivity contribution in [2.24, 2.45) is 5.73 Å². The molecule has 0 atom stereocenters. The van der Waals surface area contributed by atoms with Gasteiger partial charge in [0, 0.05) is 6.54 Å². The Morgan fingerprint density at radius 3 is 2.07 bits per heavy atom. The smallest absolute Gasteiger partial charge is 0.0178 e. The second-order valence-corrected chi connectivity index (χ2v) is 3.83. The molecule has 0 saturated carbocycles. The maximum absolute atomic E-state index is 5.35. The van der Waals surface area contributed by atoms with Gasteiger partial charge in [0.2, 0.25) is 0 Å². The Balaban J connectivity index is 0.000000151. The van der Waals surface area contributed by atoms with E-state index >= 15 is 0 Å². The van der Waals surface area contributed by atoms with Crippen molar-refractivity contribution in [2.45, 2.75) is 26.3 Å². The van der Waals surface area contributed by atoms with Crippen molar-refractivity contribution in [2.75, 3.05) is 19.6 Å². The minimum atomic E-state index is 0.640. The van der Waals surface area contributed by atoms with E-state index in [2.05, 4.69) is 11.8 Å². The highest BCUT2D eigenvalue weighted by Gasteiger charge is 2.06. The summed E-state index contributed by atoms with van der Waals surface area (Å²) in [6.45, 7) is 6.80. The molecule has 84 valence electrons.